The van der Waals surface area contributed by atoms with Crippen molar-refractivity contribution in [2.45, 2.75) is 4.90 Å². The average Bonchev–Trinajstić information content (AvgIpc) is 1.88. The average molecular weight is 174 g/mol. The van der Waals surface area contributed by atoms with Crippen molar-refractivity contribution in [3.05, 3.63) is 24.5 Å². The van der Waals surface area contributed by atoms with E-state index in [0.29, 0.717) is 4.90 Å². The highest BCUT2D eigenvalue weighted by Crippen LogP contribution is 2.01. The van der Waals surface area contributed by atoms with Crippen LogP contribution in [-0.2, 0) is 19.9 Å². The number of hydrogen-bond donors (Lipinski definition) is 1. The van der Waals surface area contributed by atoms with Gasteiger partial charge in [0, 0.05) is 23.6 Å². The number of nitrogens with zero attached hydrogens (tertiary/aromatic N) is 1. The van der Waals surface area contributed by atoms with Crippen molar-refractivity contribution in [3.63, 3.8) is 0 Å². The van der Waals surface area contributed by atoms with E-state index < -0.39 is 8.68 Å². The molecule has 1 aromatic rings. The third kappa shape index (κ3) is 1.73. The van der Waals surface area contributed by atoms with E-state index in [9.17, 15) is 4.21 Å². The molecule has 0 radical (unpaired) electrons. The molecule has 1 heterocycles. The van der Waals surface area contributed by atoms with Crippen molar-refractivity contribution in [1.29, 1.82) is 0 Å². The van der Waals surface area contributed by atoms with Crippen LogP contribution in [0, 0.1) is 0 Å². The molecule has 1 unspecified atom stereocenters. The number of hydrogen-bond acceptors (Lipinski definition) is 3. The largest absolute Gasteiger partial charge is 0.263 e. The lowest BCUT2D eigenvalue weighted by molar-refractivity contribution is 0.683. The molecule has 10 heavy (non-hydrogen) atoms. The summed E-state index contributed by atoms with van der Waals surface area (Å²) in [6.45, 7) is 0. The van der Waals surface area contributed by atoms with E-state index in [1.165, 1.54) is 6.20 Å². The first-order valence-corrected chi connectivity index (χ1v) is 5.08. The summed E-state index contributed by atoms with van der Waals surface area (Å²) in [6, 6.07) is 3.25. The Hall–Kier alpha value is -0.520. The van der Waals surface area contributed by atoms with Gasteiger partial charge >= 0.3 is 0 Å². The van der Waals surface area contributed by atoms with Crippen LogP contribution < -0.4 is 5.14 Å². The van der Waals surface area contributed by atoms with Crippen molar-refractivity contribution < 1.29 is 4.21 Å². The highest BCUT2D eigenvalue weighted by molar-refractivity contribution is 8.31. The molecule has 0 saturated carbocycles. The zero-order valence-electron chi connectivity index (χ0n) is 5.06. The molecule has 54 valence electrons. The highest BCUT2D eigenvalue weighted by atomic mass is 32.8. The van der Waals surface area contributed by atoms with Gasteiger partial charge in [-0.2, -0.15) is 0 Å². The first kappa shape index (κ1) is 7.59. The SMILES string of the molecule is NS(=O)(=S)c1cccnc1. The Morgan fingerprint density at radius 3 is 2.70 bits per heavy atom. The lowest BCUT2D eigenvalue weighted by Gasteiger charge is -1.96. The maximum atomic E-state index is 10.9. The Morgan fingerprint density at radius 1 is 1.70 bits per heavy atom. The molecule has 0 aromatic carbocycles. The van der Waals surface area contributed by atoms with Crippen LogP contribution in [0.1, 0.15) is 0 Å². The molecule has 1 aromatic heterocycles. The zero-order valence-corrected chi connectivity index (χ0v) is 6.69. The molecule has 0 spiro atoms. The minimum absolute atomic E-state index is 0.407. The standard InChI is InChI=1S/C5H6N2OS2/c6-10(8,9)5-2-1-3-7-4-5/h1-4H,(H2,6,8,9). The molecule has 3 nitrogen and oxygen atoms in total. The summed E-state index contributed by atoms with van der Waals surface area (Å²) in [6.07, 6.45) is 2.99. The summed E-state index contributed by atoms with van der Waals surface area (Å²) in [7, 11) is -2.73. The van der Waals surface area contributed by atoms with Crippen molar-refractivity contribution >= 4 is 19.9 Å². The number of pyridine rings is 1. The Bertz CT molecular complexity index is 306. The molecule has 0 aliphatic rings. The monoisotopic (exact) mass is 174 g/mol. The predicted molar refractivity (Wildman–Crippen MR) is 42.2 cm³/mol. The number of rotatable bonds is 1. The van der Waals surface area contributed by atoms with Crippen LogP contribution in [0.4, 0.5) is 0 Å². The van der Waals surface area contributed by atoms with E-state index in [1.807, 2.05) is 0 Å². The summed E-state index contributed by atoms with van der Waals surface area (Å²) in [5, 5.41) is 5.16. The fraction of sp³-hybridized carbons (Fsp3) is 0. The Balaban J connectivity index is 3.22. The van der Waals surface area contributed by atoms with Gasteiger partial charge in [0.05, 0.1) is 4.90 Å². The second-order valence-corrected chi connectivity index (χ2v) is 4.78. The van der Waals surface area contributed by atoms with E-state index in [0.717, 1.165) is 0 Å². The maximum Gasteiger partial charge on any atom is 0.117 e. The summed E-state index contributed by atoms with van der Waals surface area (Å²) in [5.41, 5.74) is 0. The normalized spacial score (nSPS) is 16.1. The molecule has 0 saturated heterocycles. The first-order chi connectivity index (χ1) is 4.61. The van der Waals surface area contributed by atoms with Gasteiger partial charge in [0.25, 0.3) is 0 Å². The van der Waals surface area contributed by atoms with Crippen LogP contribution in [0.5, 0.6) is 0 Å². The molecular weight excluding hydrogens is 168 g/mol. The van der Waals surface area contributed by atoms with Crippen LogP contribution in [-0.4, -0.2) is 9.19 Å². The predicted octanol–water partition coefficient (Wildman–Crippen LogP) is 0.0605. The van der Waals surface area contributed by atoms with E-state index in [-0.39, 0.29) is 0 Å². The molecule has 0 amide bonds. The Morgan fingerprint density at radius 2 is 2.40 bits per heavy atom. The molecule has 0 aliphatic heterocycles. The molecule has 5 heteroatoms. The highest BCUT2D eigenvalue weighted by Gasteiger charge is 2.00. The molecular formula is C5H6N2OS2. The second-order valence-electron chi connectivity index (χ2n) is 1.73. The van der Waals surface area contributed by atoms with Gasteiger partial charge in [0.1, 0.15) is 8.68 Å². The third-order valence-corrected chi connectivity index (χ3v) is 2.44. The van der Waals surface area contributed by atoms with Crippen molar-refractivity contribution in [2.24, 2.45) is 5.14 Å². The fourth-order valence-corrected chi connectivity index (χ4v) is 1.29. The molecule has 0 aliphatic carbocycles. The summed E-state index contributed by atoms with van der Waals surface area (Å²) in [4.78, 5) is 4.13. The summed E-state index contributed by atoms with van der Waals surface area (Å²) in [5.74, 6) is 0. The van der Waals surface area contributed by atoms with Crippen LogP contribution in [0.25, 0.3) is 0 Å². The third-order valence-electron chi connectivity index (χ3n) is 0.963. The molecule has 0 fully saturated rings. The van der Waals surface area contributed by atoms with Gasteiger partial charge in [0.15, 0.2) is 0 Å². The van der Waals surface area contributed by atoms with Gasteiger partial charge in [-0.1, -0.05) is 0 Å². The van der Waals surface area contributed by atoms with Gasteiger partial charge in [0.2, 0.25) is 0 Å². The van der Waals surface area contributed by atoms with Crippen LogP contribution >= 0.6 is 0 Å². The topological polar surface area (TPSA) is 56.0 Å². The minimum Gasteiger partial charge on any atom is -0.263 e. The van der Waals surface area contributed by atoms with Gasteiger partial charge in [-0.3, -0.25) is 4.98 Å². The lowest BCUT2D eigenvalue weighted by atomic mass is 10.5. The number of aromatic nitrogens is 1. The van der Waals surface area contributed by atoms with E-state index in [4.69, 9.17) is 5.14 Å². The van der Waals surface area contributed by atoms with Crippen LogP contribution in [0.3, 0.4) is 0 Å². The van der Waals surface area contributed by atoms with E-state index in [1.54, 1.807) is 18.3 Å². The van der Waals surface area contributed by atoms with Crippen LogP contribution in [0.2, 0.25) is 0 Å². The number of nitrogens with two attached hydrogens (primary N) is 1. The minimum atomic E-state index is -2.73. The molecule has 1 rings (SSSR count). The van der Waals surface area contributed by atoms with E-state index >= 15 is 0 Å². The molecule has 1 atom stereocenters. The fourth-order valence-electron chi connectivity index (χ4n) is 0.515. The van der Waals surface area contributed by atoms with Gasteiger partial charge in [-0.05, 0) is 12.1 Å². The van der Waals surface area contributed by atoms with Crippen molar-refractivity contribution in [3.8, 4) is 0 Å². The van der Waals surface area contributed by atoms with Crippen LogP contribution in [0.15, 0.2) is 29.4 Å². The smallest absolute Gasteiger partial charge is 0.117 e. The van der Waals surface area contributed by atoms with Gasteiger partial charge < -0.3 is 0 Å². The second kappa shape index (κ2) is 2.61. The van der Waals surface area contributed by atoms with Gasteiger partial charge in [-0.15, -0.1) is 0 Å². The maximum absolute atomic E-state index is 10.9. The van der Waals surface area contributed by atoms with Crippen molar-refractivity contribution in [2.75, 3.05) is 0 Å². The summed E-state index contributed by atoms with van der Waals surface area (Å²) < 4.78 is 10.9. The zero-order chi connectivity index (χ0) is 7.61. The molecule has 0 bridgehead atoms. The summed E-state index contributed by atoms with van der Waals surface area (Å²) >= 11 is 4.52. The Labute approximate surface area is 64.1 Å². The quantitative estimate of drug-likeness (QED) is 0.655. The van der Waals surface area contributed by atoms with E-state index in [2.05, 4.69) is 16.2 Å². The van der Waals surface area contributed by atoms with Gasteiger partial charge in [-0.25, -0.2) is 9.35 Å². The lowest BCUT2D eigenvalue weighted by Crippen LogP contribution is -2.10. The van der Waals surface area contributed by atoms with Crippen molar-refractivity contribution in [1.82, 2.24) is 4.98 Å². The molecule has 2 N–H and O–H groups in total. The Kier molecular flexibility index (Phi) is 1.98. The first-order valence-electron chi connectivity index (χ1n) is 2.53.